The largest absolute Gasteiger partial charge is 0.389 e. The van der Waals surface area contributed by atoms with E-state index in [-0.39, 0.29) is 0 Å². The van der Waals surface area contributed by atoms with Crippen molar-refractivity contribution in [1.82, 2.24) is 15.1 Å². The number of hydrogen-bond donors (Lipinski definition) is 1. The van der Waals surface area contributed by atoms with Gasteiger partial charge in [0.05, 0.1) is 11.8 Å². The van der Waals surface area contributed by atoms with Crippen LogP contribution in [-0.2, 0) is 0 Å². The molecule has 0 bridgehead atoms. The number of likely N-dealkylation sites (N-methyl/N-ethyl adjacent to an activating group) is 1. The Kier molecular flexibility index (Phi) is 3.31. The molecule has 2 heterocycles. The molecule has 1 aliphatic rings. The van der Waals surface area contributed by atoms with Gasteiger partial charge in [0.2, 0.25) is 0 Å². The first-order valence-electron chi connectivity index (χ1n) is 5.23. The molecule has 2 rings (SSSR count). The molecule has 1 saturated heterocycles. The van der Waals surface area contributed by atoms with Gasteiger partial charge in [-0.15, -0.1) is 5.10 Å². The Morgan fingerprint density at radius 1 is 1.38 bits per heavy atom. The molecule has 0 unspecified atom stereocenters. The van der Waals surface area contributed by atoms with E-state index in [2.05, 4.69) is 27.0 Å². The van der Waals surface area contributed by atoms with E-state index in [0.29, 0.717) is 4.99 Å². The summed E-state index contributed by atoms with van der Waals surface area (Å²) in [7, 11) is 2.11. The first-order valence-corrected chi connectivity index (χ1v) is 5.64. The van der Waals surface area contributed by atoms with Crippen LogP contribution in [0.5, 0.6) is 0 Å². The molecule has 86 valence electrons. The molecule has 1 aromatic heterocycles. The summed E-state index contributed by atoms with van der Waals surface area (Å²) in [6.45, 7) is 3.91. The van der Waals surface area contributed by atoms with Crippen LogP contribution < -0.4 is 10.6 Å². The number of rotatable bonds is 2. The summed E-state index contributed by atoms with van der Waals surface area (Å²) in [5, 5.41) is 8.04. The van der Waals surface area contributed by atoms with Crippen LogP contribution in [0, 0.1) is 0 Å². The van der Waals surface area contributed by atoms with Crippen molar-refractivity contribution >= 4 is 23.0 Å². The fraction of sp³-hybridized carbons (Fsp3) is 0.500. The number of anilines is 1. The summed E-state index contributed by atoms with van der Waals surface area (Å²) >= 11 is 5.01. The highest BCUT2D eigenvalue weighted by Gasteiger charge is 2.19. The Bertz CT molecular complexity index is 387. The number of hydrogen-bond acceptors (Lipinski definition) is 5. The molecule has 0 aromatic carbocycles. The van der Waals surface area contributed by atoms with Crippen LogP contribution in [0.15, 0.2) is 12.3 Å². The molecular formula is C10H15N5S. The Morgan fingerprint density at radius 2 is 2.06 bits per heavy atom. The van der Waals surface area contributed by atoms with E-state index in [9.17, 15) is 0 Å². The summed E-state index contributed by atoms with van der Waals surface area (Å²) in [5.41, 5.74) is 6.49. The van der Waals surface area contributed by atoms with Crippen molar-refractivity contribution in [3.63, 3.8) is 0 Å². The SMILES string of the molecule is CN1CCN(c2nnccc2C(N)=S)CC1. The van der Waals surface area contributed by atoms with E-state index in [1.54, 1.807) is 6.20 Å². The average Bonchev–Trinajstić information content (AvgIpc) is 2.30. The molecule has 0 atom stereocenters. The third-order valence-corrected chi connectivity index (χ3v) is 2.99. The van der Waals surface area contributed by atoms with Crippen molar-refractivity contribution in [3.05, 3.63) is 17.8 Å². The Hall–Kier alpha value is -1.27. The zero-order valence-corrected chi connectivity index (χ0v) is 10.1. The van der Waals surface area contributed by atoms with Crippen molar-refractivity contribution in [1.29, 1.82) is 0 Å². The lowest BCUT2D eigenvalue weighted by atomic mass is 10.2. The molecule has 0 saturated carbocycles. The molecule has 0 radical (unpaired) electrons. The number of nitrogens with zero attached hydrogens (tertiary/aromatic N) is 4. The minimum atomic E-state index is 0.379. The van der Waals surface area contributed by atoms with Gasteiger partial charge in [-0.2, -0.15) is 5.10 Å². The van der Waals surface area contributed by atoms with Gasteiger partial charge in [-0.05, 0) is 13.1 Å². The fourth-order valence-corrected chi connectivity index (χ4v) is 1.93. The zero-order chi connectivity index (χ0) is 11.5. The van der Waals surface area contributed by atoms with Crippen LogP contribution >= 0.6 is 12.2 Å². The van der Waals surface area contributed by atoms with E-state index >= 15 is 0 Å². The monoisotopic (exact) mass is 237 g/mol. The van der Waals surface area contributed by atoms with Gasteiger partial charge in [-0.3, -0.25) is 0 Å². The molecule has 1 fully saturated rings. The van der Waals surface area contributed by atoms with Gasteiger partial charge in [0.25, 0.3) is 0 Å². The van der Waals surface area contributed by atoms with Gasteiger partial charge < -0.3 is 15.5 Å². The first-order chi connectivity index (χ1) is 7.68. The molecule has 1 aromatic rings. The van der Waals surface area contributed by atoms with E-state index in [1.807, 2.05) is 6.07 Å². The molecule has 5 nitrogen and oxygen atoms in total. The second-order valence-electron chi connectivity index (χ2n) is 3.92. The summed E-state index contributed by atoms with van der Waals surface area (Å²) < 4.78 is 0. The van der Waals surface area contributed by atoms with Crippen molar-refractivity contribution in [2.75, 3.05) is 38.1 Å². The van der Waals surface area contributed by atoms with Gasteiger partial charge >= 0.3 is 0 Å². The first kappa shape index (κ1) is 11.2. The minimum Gasteiger partial charge on any atom is -0.389 e. The quantitative estimate of drug-likeness (QED) is 0.723. The maximum absolute atomic E-state index is 5.68. The predicted molar refractivity (Wildman–Crippen MR) is 67.6 cm³/mol. The highest BCUT2D eigenvalue weighted by molar-refractivity contribution is 7.80. The van der Waals surface area contributed by atoms with Gasteiger partial charge in [0.1, 0.15) is 4.99 Å². The van der Waals surface area contributed by atoms with Gasteiger partial charge in [-0.1, -0.05) is 12.2 Å². The fourth-order valence-electron chi connectivity index (χ4n) is 1.77. The van der Waals surface area contributed by atoms with E-state index in [1.165, 1.54) is 0 Å². The van der Waals surface area contributed by atoms with Crippen molar-refractivity contribution in [3.8, 4) is 0 Å². The van der Waals surface area contributed by atoms with Crippen molar-refractivity contribution < 1.29 is 0 Å². The molecule has 6 heteroatoms. The lowest BCUT2D eigenvalue weighted by molar-refractivity contribution is 0.311. The summed E-state index contributed by atoms with van der Waals surface area (Å²) in [6, 6.07) is 1.82. The lowest BCUT2D eigenvalue weighted by Gasteiger charge is -2.33. The Morgan fingerprint density at radius 3 is 2.69 bits per heavy atom. The molecule has 1 aliphatic heterocycles. The second kappa shape index (κ2) is 4.71. The summed E-state index contributed by atoms with van der Waals surface area (Å²) in [6.07, 6.45) is 1.62. The van der Waals surface area contributed by atoms with Crippen LogP contribution in [0.2, 0.25) is 0 Å². The molecule has 2 N–H and O–H groups in total. The maximum Gasteiger partial charge on any atom is 0.161 e. The molecule has 0 aliphatic carbocycles. The molecule has 16 heavy (non-hydrogen) atoms. The highest BCUT2D eigenvalue weighted by atomic mass is 32.1. The number of aromatic nitrogens is 2. The van der Waals surface area contributed by atoms with Crippen molar-refractivity contribution in [2.45, 2.75) is 0 Å². The van der Waals surface area contributed by atoms with Crippen LogP contribution in [-0.4, -0.2) is 53.3 Å². The smallest absolute Gasteiger partial charge is 0.161 e. The highest BCUT2D eigenvalue weighted by Crippen LogP contribution is 2.17. The van der Waals surface area contributed by atoms with E-state index < -0.39 is 0 Å². The summed E-state index contributed by atoms with van der Waals surface area (Å²) in [4.78, 5) is 4.85. The second-order valence-corrected chi connectivity index (χ2v) is 4.36. The van der Waals surface area contributed by atoms with Crippen LogP contribution in [0.3, 0.4) is 0 Å². The van der Waals surface area contributed by atoms with E-state index in [0.717, 1.165) is 37.6 Å². The van der Waals surface area contributed by atoms with Gasteiger partial charge in [-0.25, -0.2) is 0 Å². The minimum absolute atomic E-state index is 0.379. The predicted octanol–water partition coefficient (Wildman–Crippen LogP) is -0.137. The van der Waals surface area contributed by atoms with E-state index in [4.69, 9.17) is 18.0 Å². The number of piperazine rings is 1. The third kappa shape index (κ3) is 2.28. The maximum atomic E-state index is 5.68. The Balaban J connectivity index is 2.23. The third-order valence-electron chi connectivity index (χ3n) is 2.77. The zero-order valence-electron chi connectivity index (χ0n) is 9.26. The number of nitrogens with two attached hydrogens (primary N) is 1. The van der Waals surface area contributed by atoms with Crippen molar-refractivity contribution in [2.24, 2.45) is 5.73 Å². The normalized spacial score (nSPS) is 17.4. The van der Waals surface area contributed by atoms with Gasteiger partial charge in [0.15, 0.2) is 5.82 Å². The average molecular weight is 237 g/mol. The Labute approximate surface area is 100 Å². The standard InChI is InChI=1S/C10H15N5S/c1-14-4-6-15(7-5-14)10-8(9(11)16)2-3-12-13-10/h2-3H,4-7H2,1H3,(H2,11,16). The van der Waals surface area contributed by atoms with Crippen LogP contribution in [0.1, 0.15) is 5.56 Å². The molecule has 0 amide bonds. The lowest BCUT2D eigenvalue weighted by Crippen LogP contribution is -2.45. The topological polar surface area (TPSA) is 58.3 Å². The van der Waals surface area contributed by atoms with Gasteiger partial charge in [0, 0.05) is 26.2 Å². The summed E-state index contributed by atoms with van der Waals surface area (Å²) in [5.74, 6) is 0.808. The molecular weight excluding hydrogens is 222 g/mol. The number of thiocarbonyl (C=S) groups is 1. The van der Waals surface area contributed by atoms with Crippen LogP contribution in [0.25, 0.3) is 0 Å². The van der Waals surface area contributed by atoms with Crippen LogP contribution in [0.4, 0.5) is 5.82 Å². The molecule has 0 spiro atoms.